The summed E-state index contributed by atoms with van der Waals surface area (Å²) in [6, 6.07) is 15.7. The van der Waals surface area contributed by atoms with Crippen LogP contribution in [-0.4, -0.2) is 25.6 Å². The Balaban J connectivity index is 1.72. The van der Waals surface area contributed by atoms with E-state index in [0.717, 1.165) is 17.5 Å². The van der Waals surface area contributed by atoms with Gasteiger partial charge in [0.1, 0.15) is 16.3 Å². The summed E-state index contributed by atoms with van der Waals surface area (Å²) >= 11 is 1.29. The zero-order valence-corrected chi connectivity index (χ0v) is 20.0. The Kier molecular flexibility index (Phi) is 7.36. The van der Waals surface area contributed by atoms with Crippen LogP contribution in [-0.2, 0) is 21.4 Å². The van der Waals surface area contributed by atoms with Crippen molar-refractivity contribution < 1.29 is 19.1 Å². The van der Waals surface area contributed by atoms with Gasteiger partial charge in [0.2, 0.25) is 0 Å². The summed E-state index contributed by atoms with van der Waals surface area (Å²) in [6.45, 7) is 8.36. The third-order valence-electron chi connectivity index (χ3n) is 5.20. The number of carbonyl (C=O) groups excluding carboxylic acids is 2. The minimum absolute atomic E-state index is 0.0495. The van der Waals surface area contributed by atoms with Crippen molar-refractivity contribution in [2.24, 2.45) is 0 Å². The van der Waals surface area contributed by atoms with Crippen LogP contribution in [0, 0.1) is 0 Å². The second-order valence-corrected chi connectivity index (χ2v) is 9.39. The lowest BCUT2D eigenvalue weighted by Crippen LogP contribution is -2.21. The maximum absolute atomic E-state index is 12.5. The van der Waals surface area contributed by atoms with Crippen molar-refractivity contribution in [1.82, 2.24) is 0 Å². The summed E-state index contributed by atoms with van der Waals surface area (Å²) in [7, 11) is 1.33. The summed E-state index contributed by atoms with van der Waals surface area (Å²) in [5.41, 5.74) is 4.44. The summed E-state index contributed by atoms with van der Waals surface area (Å²) in [5.74, 6) is -0.219. The number of aryl methyl sites for hydroxylation is 1. The molecule has 1 heterocycles. The third-order valence-corrected chi connectivity index (χ3v) is 6.09. The van der Waals surface area contributed by atoms with Crippen LogP contribution < -0.4 is 10.1 Å². The molecular formula is C26H29NO4S. The minimum Gasteiger partial charge on any atom is -0.484 e. The van der Waals surface area contributed by atoms with Crippen molar-refractivity contribution in [3.05, 3.63) is 70.6 Å². The summed E-state index contributed by atoms with van der Waals surface area (Å²) in [4.78, 5) is 25.0. The van der Waals surface area contributed by atoms with Crippen molar-refractivity contribution in [3.63, 3.8) is 0 Å². The van der Waals surface area contributed by atoms with Crippen LogP contribution in [0.3, 0.4) is 0 Å². The normalized spacial score (nSPS) is 11.2. The molecule has 1 N–H and O–H groups in total. The predicted molar refractivity (Wildman–Crippen MR) is 130 cm³/mol. The van der Waals surface area contributed by atoms with Gasteiger partial charge in [-0.15, -0.1) is 11.3 Å². The van der Waals surface area contributed by atoms with Gasteiger partial charge in [-0.2, -0.15) is 0 Å². The number of esters is 1. The van der Waals surface area contributed by atoms with Gasteiger partial charge in [0.25, 0.3) is 5.91 Å². The molecule has 0 unspecified atom stereocenters. The molecule has 0 spiro atoms. The first kappa shape index (κ1) is 23.5. The molecule has 32 heavy (non-hydrogen) atoms. The average molecular weight is 452 g/mol. The molecule has 3 aromatic rings. The van der Waals surface area contributed by atoms with E-state index in [1.54, 1.807) is 0 Å². The highest BCUT2D eigenvalue weighted by molar-refractivity contribution is 7.15. The Bertz CT molecular complexity index is 1080. The zero-order chi connectivity index (χ0) is 23.3. The van der Waals surface area contributed by atoms with E-state index in [0.29, 0.717) is 16.3 Å². The van der Waals surface area contributed by atoms with Crippen LogP contribution in [0.5, 0.6) is 5.75 Å². The molecule has 0 saturated carbocycles. The summed E-state index contributed by atoms with van der Waals surface area (Å²) in [5, 5.41) is 5.10. The van der Waals surface area contributed by atoms with Crippen molar-refractivity contribution in [3.8, 4) is 16.9 Å². The number of anilines is 1. The van der Waals surface area contributed by atoms with Crippen molar-refractivity contribution in [1.29, 1.82) is 0 Å². The lowest BCUT2D eigenvalue weighted by molar-refractivity contribution is -0.118. The Morgan fingerprint density at radius 1 is 1.00 bits per heavy atom. The van der Waals surface area contributed by atoms with Gasteiger partial charge in [-0.05, 0) is 40.7 Å². The molecule has 168 valence electrons. The number of hydrogen-bond donors (Lipinski definition) is 1. The van der Waals surface area contributed by atoms with E-state index in [-0.39, 0.29) is 17.9 Å². The van der Waals surface area contributed by atoms with Crippen LogP contribution in [0.2, 0.25) is 0 Å². The molecule has 0 bridgehead atoms. The number of benzene rings is 2. The predicted octanol–water partition coefficient (Wildman–Crippen LogP) is 6.08. The second kappa shape index (κ2) is 10.0. The van der Waals surface area contributed by atoms with Crippen LogP contribution in [0.4, 0.5) is 5.00 Å². The SMILES string of the molecule is CCc1ccc(-c2csc(NC(=O)COc3ccc(C(C)(C)C)cc3)c2C(=O)OC)cc1. The van der Waals surface area contributed by atoms with Gasteiger partial charge in [-0.25, -0.2) is 4.79 Å². The Hall–Kier alpha value is -3.12. The Morgan fingerprint density at radius 3 is 2.22 bits per heavy atom. The molecule has 0 aliphatic heterocycles. The Labute approximate surface area is 193 Å². The number of ether oxygens (including phenoxy) is 2. The number of carbonyl (C=O) groups is 2. The van der Waals surface area contributed by atoms with E-state index in [2.05, 4.69) is 33.0 Å². The first-order valence-electron chi connectivity index (χ1n) is 10.5. The fourth-order valence-electron chi connectivity index (χ4n) is 3.25. The number of nitrogens with one attached hydrogen (secondary N) is 1. The maximum Gasteiger partial charge on any atom is 0.341 e. The minimum atomic E-state index is -0.491. The first-order chi connectivity index (χ1) is 15.2. The molecule has 0 radical (unpaired) electrons. The van der Waals surface area contributed by atoms with Gasteiger partial charge in [0, 0.05) is 10.9 Å². The molecule has 0 aliphatic carbocycles. The smallest absolute Gasteiger partial charge is 0.341 e. The fourth-order valence-corrected chi connectivity index (χ4v) is 4.22. The second-order valence-electron chi connectivity index (χ2n) is 8.51. The van der Waals surface area contributed by atoms with Gasteiger partial charge < -0.3 is 14.8 Å². The Morgan fingerprint density at radius 2 is 1.66 bits per heavy atom. The van der Waals surface area contributed by atoms with E-state index < -0.39 is 5.97 Å². The lowest BCUT2D eigenvalue weighted by atomic mass is 9.87. The molecule has 2 aromatic carbocycles. The average Bonchev–Trinajstić information content (AvgIpc) is 3.20. The largest absolute Gasteiger partial charge is 0.484 e. The van der Waals surface area contributed by atoms with E-state index >= 15 is 0 Å². The van der Waals surface area contributed by atoms with Crippen LogP contribution in [0.1, 0.15) is 49.2 Å². The molecule has 1 amide bonds. The highest BCUT2D eigenvalue weighted by Gasteiger charge is 2.22. The number of hydrogen-bond acceptors (Lipinski definition) is 5. The molecule has 0 saturated heterocycles. The standard InChI is InChI=1S/C26H29NO4S/c1-6-17-7-9-18(10-8-17)21-16-32-24(23(21)25(29)30-5)27-22(28)15-31-20-13-11-19(12-14-20)26(2,3)4/h7-14,16H,6,15H2,1-5H3,(H,27,28). The highest BCUT2D eigenvalue weighted by atomic mass is 32.1. The van der Waals surface area contributed by atoms with Gasteiger partial charge in [0.15, 0.2) is 6.61 Å². The lowest BCUT2D eigenvalue weighted by Gasteiger charge is -2.19. The molecule has 6 heteroatoms. The van der Waals surface area contributed by atoms with E-state index in [1.807, 2.05) is 53.9 Å². The number of rotatable bonds is 7. The van der Waals surface area contributed by atoms with Crippen molar-refractivity contribution in [2.75, 3.05) is 19.0 Å². The molecule has 3 rings (SSSR count). The third kappa shape index (κ3) is 5.56. The zero-order valence-electron chi connectivity index (χ0n) is 19.2. The first-order valence-corrected chi connectivity index (χ1v) is 11.4. The maximum atomic E-state index is 12.5. The van der Waals surface area contributed by atoms with E-state index in [1.165, 1.54) is 29.6 Å². The molecule has 0 atom stereocenters. The molecule has 1 aromatic heterocycles. The molecular weight excluding hydrogens is 422 g/mol. The quantitative estimate of drug-likeness (QED) is 0.442. The number of thiophene rings is 1. The van der Waals surface area contributed by atoms with Crippen molar-refractivity contribution >= 4 is 28.2 Å². The van der Waals surface area contributed by atoms with Gasteiger partial charge in [0.05, 0.1) is 7.11 Å². The number of methoxy groups -OCH3 is 1. The van der Waals surface area contributed by atoms with Crippen molar-refractivity contribution in [2.45, 2.75) is 39.5 Å². The van der Waals surface area contributed by atoms with Crippen LogP contribution in [0.25, 0.3) is 11.1 Å². The van der Waals surface area contributed by atoms with E-state index in [9.17, 15) is 9.59 Å². The van der Waals surface area contributed by atoms with E-state index in [4.69, 9.17) is 9.47 Å². The summed E-state index contributed by atoms with van der Waals surface area (Å²) in [6.07, 6.45) is 0.939. The van der Waals surface area contributed by atoms with Gasteiger partial charge in [-0.3, -0.25) is 4.79 Å². The van der Waals surface area contributed by atoms with Crippen LogP contribution >= 0.6 is 11.3 Å². The topological polar surface area (TPSA) is 64.6 Å². The van der Waals surface area contributed by atoms with Crippen LogP contribution in [0.15, 0.2) is 53.9 Å². The highest BCUT2D eigenvalue weighted by Crippen LogP contribution is 2.36. The van der Waals surface area contributed by atoms with Gasteiger partial charge in [-0.1, -0.05) is 64.1 Å². The monoisotopic (exact) mass is 451 g/mol. The summed E-state index contributed by atoms with van der Waals surface area (Å²) < 4.78 is 10.6. The van der Waals surface area contributed by atoms with Gasteiger partial charge >= 0.3 is 5.97 Å². The molecule has 0 fully saturated rings. The molecule has 0 aliphatic rings. The molecule has 5 nitrogen and oxygen atoms in total. The number of amides is 1. The fraction of sp³-hybridized carbons (Fsp3) is 0.308.